The van der Waals surface area contributed by atoms with E-state index in [4.69, 9.17) is 11.6 Å². The molecule has 0 spiro atoms. The molecule has 0 aliphatic carbocycles. The van der Waals surface area contributed by atoms with E-state index in [0.29, 0.717) is 5.02 Å². The summed E-state index contributed by atoms with van der Waals surface area (Å²) in [6.07, 6.45) is 0.833. The molecule has 0 radical (unpaired) electrons. The molecule has 0 unspecified atom stereocenters. The molecule has 0 bridgehead atoms. The molecule has 2 rings (SSSR count). The van der Waals surface area contributed by atoms with Crippen LogP contribution in [0.15, 0.2) is 48.5 Å². The van der Waals surface area contributed by atoms with E-state index in [9.17, 15) is 9.59 Å². The first kappa shape index (κ1) is 20.9. The maximum Gasteiger partial charge on any atom is 0.277 e. The molecule has 5 nitrogen and oxygen atoms in total. The van der Waals surface area contributed by atoms with Crippen molar-refractivity contribution in [2.24, 2.45) is 0 Å². The number of carbonyl (C=O) groups is 2. The van der Waals surface area contributed by atoms with Crippen LogP contribution < -0.4 is 10.6 Å². The van der Waals surface area contributed by atoms with Crippen LogP contribution in [0.2, 0.25) is 5.02 Å². The normalized spacial score (nSPS) is 11.7. The highest BCUT2D eigenvalue weighted by Gasteiger charge is 2.18. The van der Waals surface area contributed by atoms with Gasteiger partial charge in [0.2, 0.25) is 5.91 Å². The van der Waals surface area contributed by atoms with E-state index >= 15 is 0 Å². The average Bonchev–Trinajstić information content (AvgIpc) is 2.66. The van der Waals surface area contributed by atoms with Gasteiger partial charge in [-0.05, 0) is 31.0 Å². The summed E-state index contributed by atoms with van der Waals surface area (Å²) in [5, 5.41) is 5.50. The van der Waals surface area contributed by atoms with Crippen molar-refractivity contribution in [1.29, 1.82) is 0 Å². The molecule has 0 heterocycles. The van der Waals surface area contributed by atoms with Crippen LogP contribution in [-0.4, -0.2) is 36.9 Å². The zero-order valence-electron chi connectivity index (χ0n) is 16.0. The Bertz CT molecular complexity index is 795. The van der Waals surface area contributed by atoms with Crippen LogP contribution >= 0.6 is 11.6 Å². The SMILES string of the molecule is CCc1ccccc1NC(=O)CN(C)C(=O)C[NH2+][C@H](C)c1ccccc1Cl. The topological polar surface area (TPSA) is 66.0 Å². The van der Waals surface area contributed by atoms with Gasteiger partial charge in [-0.15, -0.1) is 0 Å². The van der Waals surface area contributed by atoms with Gasteiger partial charge in [0.1, 0.15) is 6.04 Å². The number of amides is 2. The molecule has 2 aromatic rings. The third kappa shape index (κ3) is 6.08. The maximum atomic E-state index is 12.4. The predicted molar refractivity (Wildman–Crippen MR) is 109 cm³/mol. The largest absolute Gasteiger partial charge is 0.332 e. The summed E-state index contributed by atoms with van der Waals surface area (Å²) in [5.41, 5.74) is 2.86. The van der Waals surface area contributed by atoms with E-state index in [2.05, 4.69) is 5.32 Å². The molecule has 6 heteroatoms. The molecular formula is C21H27ClN3O2+. The van der Waals surface area contributed by atoms with Gasteiger partial charge in [0.25, 0.3) is 5.91 Å². The van der Waals surface area contributed by atoms with Crippen molar-refractivity contribution in [3.8, 4) is 0 Å². The van der Waals surface area contributed by atoms with E-state index in [0.717, 1.165) is 23.2 Å². The summed E-state index contributed by atoms with van der Waals surface area (Å²) in [7, 11) is 1.64. The molecule has 0 aromatic heterocycles. The fraction of sp³-hybridized carbons (Fsp3) is 0.333. The first-order valence-electron chi connectivity index (χ1n) is 9.11. The minimum Gasteiger partial charge on any atom is -0.332 e. The number of carbonyl (C=O) groups excluding carboxylic acids is 2. The average molecular weight is 389 g/mol. The van der Waals surface area contributed by atoms with Crippen LogP contribution in [0.1, 0.15) is 31.0 Å². The van der Waals surface area contributed by atoms with Crippen molar-refractivity contribution in [3.63, 3.8) is 0 Å². The molecule has 144 valence electrons. The van der Waals surface area contributed by atoms with Gasteiger partial charge in [-0.25, -0.2) is 0 Å². The second kappa shape index (κ2) is 10.1. The van der Waals surface area contributed by atoms with Crippen LogP contribution in [0.4, 0.5) is 5.69 Å². The maximum absolute atomic E-state index is 12.4. The fourth-order valence-corrected chi connectivity index (χ4v) is 3.16. The number of nitrogens with zero attached hydrogens (tertiary/aromatic N) is 1. The number of benzene rings is 2. The Hall–Kier alpha value is -2.37. The quantitative estimate of drug-likeness (QED) is 0.730. The van der Waals surface area contributed by atoms with Crippen LogP contribution in [0.25, 0.3) is 0 Å². The van der Waals surface area contributed by atoms with Gasteiger partial charge in [0.15, 0.2) is 6.54 Å². The molecule has 0 saturated carbocycles. The first-order chi connectivity index (χ1) is 12.9. The number of likely N-dealkylation sites (N-methyl/N-ethyl adjacent to an activating group) is 1. The highest BCUT2D eigenvalue weighted by Crippen LogP contribution is 2.19. The minimum absolute atomic E-state index is 0.0190. The number of rotatable bonds is 8. The highest BCUT2D eigenvalue weighted by atomic mass is 35.5. The van der Waals surface area contributed by atoms with Gasteiger partial charge in [0.05, 0.1) is 6.54 Å². The summed E-state index contributed by atoms with van der Waals surface area (Å²) in [6, 6.07) is 15.3. The lowest BCUT2D eigenvalue weighted by atomic mass is 10.1. The lowest BCUT2D eigenvalue weighted by Crippen LogP contribution is -2.87. The van der Waals surface area contributed by atoms with Crippen molar-refractivity contribution < 1.29 is 14.9 Å². The van der Waals surface area contributed by atoms with Crippen molar-refractivity contribution in [3.05, 3.63) is 64.7 Å². The number of nitrogens with one attached hydrogen (secondary N) is 1. The van der Waals surface area contributed by atoms with Crippen LogP contribution in [0.5, 0.6) is 0 Å². The molecule has 3 N–H and O–H groups in total. The van der Waals surface area contributed by atoms with Gasteiger partial charge in [-0.1, -0.05) is 54.9 Å². The van der Waals surface area contributed by atoms with Gasteiger partial charge in [0, 0.05) is 23.3 Å². The molecule has 0 saturated heterocycles. The Kier molecular flexibility index (Phi) is 7.82. The third-order valence-electron chi connectivity index (χ3n) is 4.52. The fourth-order valence-electron chi connectivity index (χ4n) is 2.85. The van der Waals surface area contributed by atoms with Gasteiger partial charge in [-0.2, -0.15) is 0 Å². The zero-order valence-corrected chi connectivity index (χ0v) is 16.8. The van der Waals surface area contributed by atoms with Crippen LogP contribution in [0, 0.1) is 0 Å². The van der Waals surface area contributed by atoms with Crippen LogP contribution in [-0.2, 0) is 16.0 Å². The Morgan fingerprint density at radius 1 is 1.15 bits per heavy atom. The molecule has 0 aliphatic rings. The highest BCUT2D eigenvalue weighted by molar-refractivity contribution is 6.31. The number of hydrogen-bond donors (Lipinski definition) is 2. The molecule has 0 fully saturated rings. The molecule has 2 amide bonds. The molecule has 27 heavy (non-hydrogen) atoms. The standard InChI is InChI=1S/C21H26ClN3O2/c1-4-16-9-5-8-12-19(16)24-20(26)14-25(3)21(27)13-23-15(2)17-10-6-7-11-18(17)22/h5-12,15,23H,4,13-14H2,1-3H3,(H,24,26)/p+1/t15-/m1/s1. The summed E-state index contributed by atoms with van der Waals surface area (Å²) in [5.74, 6) is -0.307. The smallest absolute Gasteiger partial charge is 0.277 e. The van der Waals surface area contributed by atoms with Crippen molar-refractivity contribution >= 4 is 29.1 Å². The number of hydrogen-bond acceptors (Lipinski definition) is 2. The van der Waals surface area contributed by atoms with Crippen LogP contribution in [0.3, 0.4) is 0 Å². The predicted octanol–water partition coefficient (Wildman–Crippen LogP) is 2.62. The summed E-state index contributed by atoms with van der Waals surface area (Å²) < 4.78 is 0. The van der Waals surface area contributed by atoms with E-state index < -0.39 is 0 Å². The molecule has 0 aliphatic heterocycles. The summed E-state index contributed by atoms with van der Waals surface area (Å²) in [4.78, 5) is 26.1. The number of quaternary nitrogens is 1. The second-order valence-electron chi connectivity index (χ2n) is 6.56. The van der Waals surface area contributed by atoms with Crippen molar-refractivity contribution in [2.75, 3.05) is 25.5 Å². The van der Waals surface area contributed by atoms with Gasteiger partial charge < -0.3 is 15.5 Å². The monoisotopic (exact) mass is 388 g/mol. The van der Waals surface area contributed by atoms with E-state index in [1.807, 2.05) is 67.7 Å². The first-order valence-corrected chi connectivity index (χ1v) is 9.49. The number of halogens is 1. The van der Waals surface area contributed by atoms with Crippen molar-refractivity contribution in [1.82, 2.24) is 4.90 Å². The summed E-state index contributed by atoms with van der Waals surface area (Å²) in [6.45, 7) is 4.31. The lowest BCUT2D eigenvalue weighted by Gasteiger charge is -2.18. The van der Waals surface area contributed by atoms with Crippen molar-refractivity contribution in [2.45, 2.75) is 26.3 Å². The lowest BCUT2D eigenvalue weighted by molar-refractivity contribution is -0.683. The Labute approximate surface area is 165 Å². The zero-order chi connectivity index (χ0) is 19.8. The number of para-hydroxylation sites is 1. The second-order valence-corrected chi connectivity index (χ2v) is 6.97. The van der Waals surface area contributed by atoms with Gasteiger partial charge in [-0.3, -0.25) is 9.59 Å². The Balaban J connectivity index is 1.84. The molecule has 2 aromatic carbocycles. The number of anilines is 1. The minimum atomic E-state index is -0.203. The molecule has 1 atom stereocenters. The Morgan fingerprint density at radius 2 is 1.81 bits per heavy atom. The number of aryl methyl sites for hydroxylation is 1. The Morgan fingerprint density at radius 3 is 2.52 bits per heavy atom. The number of nitrogens with two attached hydrogens (primary N) is 1. The third-order valence-corrected chi connectivity index (χ3v) is 4.86. The van der Waals surface area contributed by atoms with E-state index in [1.165, 1.54) is 4.90 Å². The van der Waals surface area contributed by atoms with E-state index in [-0.39, 0.29) is 30.9 Å². The van der Waals surface area contributed by atoms with E-state index in [1.54, 1.807) is 7.05 Å². The summed E-state index contributed by atoms with van der Waals surface area (Å²) >= 11 is 6.20. The molecular weight excluding hydrogens is 362 g/mol. The van der Waals surface area contributed by atoms with Gasteiger partial charge >= 0.3 is 0 Å².